The summed E-state index contributed by atoms with van der Waals surface area (Å²) in [5, 5.41) is 28.1. The minimum absolute atomic E-state index is 0.0822. The molecule has 188 valence electrons. The van der Waals surface area contributed by atoms with E-state index in [-0.39, 0.29) is 28.4 Å². The molecule has 2 N–H and O–H groups in total. The van der Waals surface area contributed by atoms with E-state index < -0.39 is 5.82 Å². The summed E-state index contributed by atoms with van der Waals surface area (Å²) in [7, 11) is 0. The first kappa shape index (κ1) is 23.6. The van der Waals surface area contributed by atoms with Gasteiger partial charge in [0.2, 0.25) is 0 Å². The number of H-pyrrole nitrogens is 1. The molecule has 5 aromatic rings. The summed E-state index contributed by atoms with van der Waals surface area (Å²) in [6.07, 6.45) is 3.55. The maximum absolute atomic E-state index is 15.0. The molecule has 3 heterocycles. The van der Waals surface area contributed by atoms with Gasteiger partial charge < -0.3 is 10.0 Å². The first-order valence-electron chi connectivity index (χ1n) is 12.5. The number of hydrogen-bond acceptors (Lipinski definition) is 5. The van der Waals surface area contributed by atoms with E-state index in [0.29, 0.717) is 27.9 Å². The number of hydrogen-bond donors (Lipinski definition) is 2. The normalized spacial score (nSPS) is 13.6. The number of pyridine rings is 1. The van der Waals surface area contributed by atoms with Gasteiger partial charge >= 0.3 is 0 Å². The minimum atomic E-state index is -0.700. The van der Waals surface area contributed by atoms with Gasteiger partial charge in [0.15, 0.2) is 5.65 Å². The van der Waals surface area contributed by atoms with Crippen molar-refractivity contribution >= 4 is 16.7 Å². The van der Waals surface area contributed by atoms with Gasteiger partial charge in [0, 0.05) is 41.5 Å². The molecule has 6 nitrogen and oxygen atoms in total. The summed E-state index contributed by atoms with van der Waals surface area (Å²) in [5.41, 5.74) is 4.35. The monoisotopic (exact) mass is 507 g/mol. The van der Waals surface area contributed by atoms with Crippen LogP contribution in [0.4, 0.5) is 14.5 Å². The number of anilines is 1. The van der Waals surface area contributed by atoms with Gasteiger partial charge in [-0.25, -0.2) is 13.8 Å². The molecule has 0 saturated carbocycles. The molecule has 3 aromatic carbocycles. The molecule has 1 saturated heterocycles. The number of aromatic nitrogens is 3. The van der Waals surface area contributed by atoms with Crippen molar-refractivity contribution in [2.24, 2.45) is 0 Å². The van der Waals surface area contributed by atoms with E-state index in [1.807, 2.05) is 24.3 Å². The van der Waals surface area contributed by atoms with Crippen LogP contribution in [0.2, 0.25) is 0 Å². The second-order valence-corrected chi connectivity index (χ2v) is 9.39. The van der Waals surface area contributed by atoms with Crippen LogP contribution >= 0.6 is 0 Å². The van der Waals surface area contributed by atoms with Gasteiger partial charge in [0.1, 0.15) is 23.5 Å². The number of nitriles is 1. The zero-order chi connectivity index (χ0) is 26.2. The molecule has 1 fully saturated rings. The molecule has 38 heavy (non-hydrogen) atoms. The van der Waals surface area contributed by atoms with E-state index in [1.54, 1.807) is 12.1 Å². The molecule has 0 radical (unpaired) electrons. The van der Waals surface area contributed by atoms with Crippen molar-refractivity contribution in [1.82, 2.24) is 15.2 Å². The molecular weight excluding hydrogens is 484 g/mol. The van der Waals surface area contributed by atoms with E-state index in [2.05, 4.69) is 26.2 Å². The largest absolute Gasteiger partial charge is 0.508 e. The highest BCUT2D eigenvalue weighted by Crippen LogP contribution is 2.41. The maximum Gasteiger partial charge on any atom is 0.182 e. The van der Waals surface area contributed by atoms with E-state index in [4.69, 9.17) is 0 Å². The standard InChI is InChI=1S/C30H23F2N5O/c31-20-8-4-19(5-9-20)28-27-26(18-6-10-21(11-7-18)37-14-2-1-3-15-37)24(17-33)29(34-30(27)36-35-28)23-13-12-22(38)16-25(23)32/h4-13,16,38H,1-3,14-15H2,(H,34,35,36). The van der Waals surface area contributed by atoms with Crippen molar-refractivity contribution in [1.29, 1.82) is 5.26 Å². The van der Waals surface area contributed by atoms with Gasteiger partial charge in [-0.15, -0.1) is 0 Å². The Morgan fingerprint density at radius 2 is 1.61 bits per heavy atom. The Bertz CT molecular complexity index is 1680. The lowest BCUT2D eigenvalue weighted by Crippen LogP contribution is -2.29. The fourth-order valence-electron chi connectivity index (χ4n) is 5.16. The Morgan fingerprint density at radius 1 is 0.895 bits per heavy atom. The van der Waals surface area contributed by atoms with Crippen molar-refractivity contribution < 1.29 is 13.9 Å². The molecule has 0 spiro atoms. The van der Waals surface area contributed by atoms with Gasteiger partial charge in [-0.2, -0.15) is 10.4 Å². The average molecular weight is 508 g/mol. The van der Waals surface area contributed by atoms with Crippen molar-refractivity contribution in [3.8, 4) is 45.5 Å². The molecule has 0 aliphatic carbocycles. The lowest BCUT2D eigenvalue weighted by atomic mass is 9.91. The molecule has 0 amide bonds. The summed E-state index contributed by atoms with van der Waals surface area (Å²) < 4.78 is 28.6. The molecule has 6 rings (SSSR count). The number of halogens is 2. The molecule has 8 heteroatoms. The molecule has 1 aliphatic rings. The highest BCUT2D eigenvalue weighted by molar-refractivity contribution is 6.06. The van der Waals surface area contributed by atoms with Crippen molar-refractivity contribution in [3.05, 3.63) is 83.9 Å². The predicted octanol–water partition coefficient (Wildman–Crippen LogP) is 6.80. The summed E-state index contributed by atoms with van der Waals surface area (Å²) in [5.74, 6) is -1.29. The lowest BCUT2D eigenvalue weighted by molar-refractivity contribution is 0.469. The molecule has 0 unspecified atom stereocenters. The minimum Gasteiger partial charge on any atom is -0.508 e. The van der Waals surface area contributed by atoms with Crippen molar-refractivity contribution in [3.63, 3.8) is 0 Å². The third-order valence-electron chi connectivity index (χ3n) is 7.03. The fraction of sp³-hybridized carbons (Fsp3) is 0.167. The molecule has 0 atom stereocenters. The van der Waals surface area contributed by atoms with Crippen LogP contribution < -0.4 is 4.90 Å². The number of nitrogens with zero attached hydrogens (tertiary/aromatic N) is 4. The molecule has 1 aliphatic heterocycles. The summed E-state index contributed by atoms with van der Waals surface area (Å²) >= 11 is 0. The van der Waals surface area contributed by atoms with Crippen LogP contribution in [0.1, 0.15) is 24.8 Å². The Labute approximate surface area is 217 Å². The zero-order valence-electron chi connectivity index (χ0n) is 20.4. The zero-order valence-corrected chi connectivity index (χ0v) is 20.4. The summed E-state index contributed by atoms with van der Waals surface area (Å²) in [6, 6.07) is 19.9. The van der Waals surface area contributed by atoms with E-state index in [9.17, 15) is 19.1 Å². The van der Waals surface area contributed by atoms with E-state index in [1.165, 1.54) is 30.7 Å². The Hall–Kier alpha value is -4.77. The fourth-order valence-corrected chi connectivity index (χ4v) is 5.16. The number of nitrogens with one attached hydrogen (secondary N) is 1. The van der Waals surface area contributed by atoms with Crippen LogP contribution in [0.3, 0.4) is 0 Å². The van der Waals surface area contributed by atoms with Gasteiger partial charge in [-0.3, -0.25) is 5.10 Å². The number of aromatic hydroxyl groups is 1. The van der Waals surface area contributed by atoms with Crippen LogP contribution in [0.15, 0.2) is 66.7 Å². The maximum atomic E-state index is 15.0. The van der Waals surface area contributed by atoms with Gasteiger partial charge in [-0.05, 0) is 73.4 Å². The van der Waals surface area contributed by atoms with Crippen LogP contribution in [0.25, 0.3) is 44.7 Å². The topological polar surface area (TPSA) is 88.8 Å². The van der Waals surface area contributed by atoms with Crippen LogP contribution in [-0.4, -0.2) is 33.4 Å². The second-order valence-electron chi connectivity index (χ2n) is 9.39. The third-order valence-corrected chi connectivity index (χ3v) is 7.03. The number of phenols is 1. The van der Waals surface area contributed by atoms with Crippen molar-refractivity contribution in [2.45, 2.75) is 19.3 Å². The molecular formula is C30H23F2N5O. The second kappa shape index (κ2) is 9.60. The van der Waals surface area contributed by atoms with Crippen LogP contribution in [-0.2, 0) is 0 Å². The van der Waals surface area contributed by atoms with Crippen molar-refractivity contribution in [2.75, 3.05) is 18.0 Å². The molecule has 2 aromatic heterocycles. The Morgan fingerprint density at radius 3 is 2.29 bits per heavy atom. The quantitative estimate of drug-likeness (QED) is 0.279. The van der Waals surface area contributed by atoms with Crippen LogP contribution in [0, 0.1) is 23.0 Å². The predicted molar refractivity (Wildman–Crippen MR) is 143 cm³/mol. The van der Waals surface area contributed by atoms with E-state index in [0.717, 1.165) is 43.2 Å². The Balaban J connectivity index is 1.61. The average Bonchev–Trinajstić information content (AvgIpc) is 3.37. The lowest BCUT2D eigenvalue weighted by Gasteiger charge is -2.29. The Kier molecular flexibility index (Phi) is 5.97. The highest BCUT2D eigenvalue weighted by atomic mass is 19.1. The van der Waals surface area contributed by atoms with Crippen LogP contribution in [0.5, 0.6) is 5.75 Å². The van der Waals surface area contributed by atoms with Gasteiger partial charge in [0.25, 0.3) is 0 Å². The first-order chi connectivity index (χ1) is 18.5. The number of aromatic amines is 1. The number of benzene rings is 3. The first-order valence-corrected chi connectivity index (χ1v) is 12.5. The molecule has 0 bridgehead atoms. The highest BCUT2D eigenvalue weighted by Gasteiger charge is 2.24. The number of piperidine rings is 1. The van der Waals surface area contributed by atoms with E-state index >= 15 is 0 Å². The summed E-state index contributed by atoms with van der Waals surface area (Å²) in [4.78, 5) is 6.93. The third kappa shape index (κ3) is 4.12. The number of rotatable bonds is 4. The SMILES string of the molecule is N#Cc1c(-c2ccc(O)cc2F)nc2n[nH]c(-c3ccc(F)cc3)c2c1-c1ccc(N2CCCCC2)cc1. The van der Waals surface area contributed by atoms with Gasteiger partial charge in [0.05, 0.1) is 22.3 Å². The number of phenolic OH excluding ortho intramolecular Hbond substituents is 1. The number of fused-ring (bicyclic) bond motifs is 1. The smallest absolute Gasteiger partial charge is 0.182 e. The summed E-state index contributed by atoms with van der Waals surface area (Å²) in [6.45, 7) is 2.01. The van der Waals surface area contributed by atoms with Gasteiger partial charge in [-0.1, -0.05) is 12.1 Å².